The fraction of sp³-hybridized carbons (Fsp3) is 0.706. The Bertz CT molecular complexity index is 574. The van der Waals surface area contributed by atoms with E-state index in [1.807, 2.05) is 18.1 Å². The van der Waals surface area contributed by atoms with Crippen LogP contribution in [-0.4, -0.2) is 58.7 Å². The highest BCUT2D eigenvalue weighted by atomic mass is 16.2. The number of likely N-dealkylation sites (tertiary alicyclic amines) is 1. The van der Waals surface area contributed by atoms with Crippen molar-refractivity contribution in [3.8, 4) is 0 Å². The molecule has 1 saturated heterocycles. The molecule has 0 radical (unpaired) electrons. The SMILES string of the molecule is CCc1nn(C)cc1CNC(=O)N1CCC(CC(=O)N(C)C)CC1. The lowest BCUT2D eigenvalue weighted by atomic mass is 9.93. The molecule has 1 fully saturated rings. The minimum Gasteiger partial charge on any atom is -0.349 e. The van der Waals surface area contributed by atoms with E-state index >= 15 is 0 Å². The number of piperidine rings is 1. The Hall–Kier alpha value is -2.05. The van der Waals surface area contributed by atoms with Crippen LogP contribution in [0.25, 0.3) is 0 Å². The summed E-state index contributed by atoms with van der Waals surface area (Å²) in [7, 11) is 5.46. The number of carbonyl (C=O) groups excluding carboxylic acids is 2. The highest BCUT2D eigenvalue weighted by Crippen LogP contribution is 2.21. The van der Waals surface area contributed by atoms with Crippen LogP contribution in [0.4, 0.5) is 4.79 Å². The average Bonchev–Trinajstić information content (AvgIpc) is 2.93. The van der Waals surface area contributed by atoms with Crippen LogP contribution in [0.2, 0.25) is 0 Å². The molecule has 1 aromatic rings. The van der Waals surface area contributed by atoms with E-state index in [9.17, 15) is 9.59 Å². The molecule has 24 heavy (non-hydrogen) atoms. The van der Waals surface area contributed by atoms with E-state index in [1.165, 1.54) is 0 Å². The number of nitrogens with one attached hydrogen (secondary N) is 1. The van der Waals surface area contributed by atoms with Crippen LogP contribution in [-0.2, 0) is 24.8 Å². The van der Waals surface area contributed by atoms with E-state index in [1.54, 1.807) is 23.7 Å². The van der Waals surface area contributed by atoms with Gasteiger partial charge >= 0.3 is 6.03 Å². The Morgan fingerprint density at radius 1 is 1.33 bits per heavy atom. The molecular weight excluding hydrogens is 306 g/mol. The van der Waals surface area contributed by atoms with E-state index < -0.39 is 0 Å². The number of hydrogen-bond acceptors (Lipinski definition) is 3. The van der Waals surface area contributed by atoms with Gasteiger partial charge in [0.05, 0.1) is 5.69 Å². The summed E-state index contributed by atoms with van der Waals surface area (Å²) in [5.74, 6) is 0.551. The Labute approximate surface area is 144 Å². The number of carbonyl (C=O) groups is 2. The fourth-order valence-corrected chi connectivity index (χ4v) is 3.08. The molecule has 1 N–H and O–H groups in total. The van der Waals surface area contributed by atoms with Gasteiger partial charge in [-0.15, -0.1) is 0 Å². The normalized spacial score (nSPS) is 15.4. The topological polar surface area (TPSA) is 70.5 Å². The first-order chi connectivity index (χ1) is 11.4. The molecule has 1 aliphatic rings. The molecule has 3 amide bonds. The van der Waals surface area contributed by atoms with Crippen molar-refractivity contribution < 1.29 is 9.59 Å². The molecule has 0 spiro atoms. The van der Waals surface area contributed by atoms with E-state index in [4.69, 9.17) is 0 Å². The lowest BCUT2D eigenvalue weighted by Gasteiger charge is -2.32. The summed E-state index contributed by atoms with van der Waals surface area (Å²) in [4.78, 5) is 27.6. The van der Waals surface area contributed by atoms with Crippen LogP contribution in [0.1, 0.15) is 37.4 Å². The van der Waals surface area contributed by atoms with Gasteiger partial charge in [-0.05, 0) is 25.2 Å². The van der Waals surface area contributed by atoms with Crippen LogP contribution >= 0.6 is 0 Å². The third-order valence-corrected chi connectivity index (χ3v) is 4.62. The summed E-state index contributed by atoms with van der Waals surface area (Å²) >= 11 is 0. The molecule has 0 saturated carbocycles. The molecule has 7 heteroatoms. The van der Waals surface area contributed by atoms with Gasteiger partial charge in [-0.3, -0.25) is 9.48 Å². The first-order valence-corrected chi connectivity index (χ1v) is 8.65. The predicted molar refractivity (Wildman–Crippen MR) is 92.4 cm³/mol. The zero-order chi connectivity index (χ0) is 17.7. The van der Waals surface area contributed by atoms with Crippen molar-refractivity contribution in [2.45, 2.75) is 39.2 Å². The van der Waals surface area contributed by atoms with Gasteiger partial charge in [0.2, 0.25) is 5.91 Å². The molecule has 0 bridgehead atoms. The summed E-state index contributed by atoms with van der Waals surface area (Å²) in [6, 6.07) is -0.0294. The standard InChI is InChI=1S/C17H29N5O2/c1-5-15-14(12-21(4)19-15)11-18-17(24)22-8-6-13(7-9-22)10-16(23)20(2)3/h12-13H,5-11H2,1-4H3,(H,18,24). The van der Waals surface area contributed by atoms with Crippen molar-refractivity contribution >= 4 is 11.9 Å². The predicted octanol–water partition coefficient (Wildman–Crippen LogP) is 1.38. The molecule has 2 heterocycles. The van der Waals surface area contributed by atoms with Crippen LogP contribution in [0.3, 0.4) is 0 Å². The maximum absolute atomic E-state index is 12.3. The van der Waals surface area contributed by atoms with Gasteiger partial charge in [0.1, 0.15) is 0 Å². The molecule has 1 aromatic heterocycles. The van der Waals surface area contributed by atoms with Gasteiger partial charge in [-0.2, -0.15) is 5.10 Å². The molecule has 7 nitrogen and oxygen atoms in total. The summed E-state index contributed by atoms with van der Waals surface area (Å²) in [6.45, 7) is 4.00. The van der Waals surface area contributed by atoms with E-state index in [-0.39, 0.29) is 11.9 Å². The lowest BCUT2D eigenvalue weighted by molar-refractivity contribution is -0.129. The maximum Gasteiger partial charge on any atom is 0.317 e. The highest BCUT2D eigenvalue weighted by molar-refractivity contribution is 5.76. The summed E-state index contributed by atoms with van der Waals surface area (Å²) in [5.41, 5.74) is 2.10. The van der Waals surface area contributed by atoms with E-state index in [0.717, 1.165) is 30.5 Å². The van der Waals surface area contributed by atoms with Crippen LogP contribution in [0.15, 0.2) is 6.20 Å². The van der Waals surface area contributed by atoms with Crippen LogP contribution in [0, 0.1) is 5.92 Å². The number of hydrogen-bond donors (Lipinski definition) is 1. The number of amides is 3. The van der Waals surface area contributed by atoms with E-state index in [0.29, 0.717) is 32.0 Å². The maximum atomic E-state index is 12.3. The van der Waals surface area contributed by atoms with Crippen molar-refractivity contribution in [2.75, 3.05) is 27.2 Å². The molecule has 0 unspecified atom stereocenters. The van der Waals surface area contributed by atoms with Crippen molar-refractivity contribution in [1.82, 2.24) is 24.9 Å². The molecule has 1 aliphatic heterocycles. The zero-order valence-corrected chi connectivity index (χ0v) is 15.2. The van der Waals surface area contributed by atoms with Gasteiger partial charge < -0.3 is 15.1 Å². The minimum atomic E-state index is -0.0294. The van der Waals surface area contributed by atoms with Crippen molar-refractivity contribution in [2.24, 2.45) is 13.0 Å². The Morgan fingerprint density at radius 2 is 2.00 bits per heavy atom. The average molecular weight is 335 g/mol. The number of nitrogens with zero attached hydrogens (tertiary/aromatic N) is 4. The van der Waals surface area contributed by atoms with Gasteiger partial charge in [0.25, 0.3) is 0 Å². The van der Waals surface area contributed by atoms with Crippen LogP contribution in [0.5, 0.6) is 0 Å². The molecule has 134 valence electrons. The Balaban J connectivity index is 1.77. The van der Waals surface area contributed by atoms with Gasteiger partial charge in [0.15, 0.2) is 0 Å². The molecule has 0 aliphatic carbocycles. The number of urea groups is 1. The zero-order valence-electron chi connectivity index (χ0n) is 15.2. The highest BCUT2D eigenvalue weighted by Gasteiger charge is 2.24. The summed E-state index contributed by atoms with van der Waals surface area (Å²) in [5, 5.41) is 7.38. The van der Waals surface area contributed by atoms with Crippen molar-refractivity contribution in [1.29, 1.82) is 0 Å². The Kier molecular flexibility index (Phi) is 6.23. The second-order valence-corrected chi connectivity index (χ2v) is 6.71. The number of rotatable bonds is 5. The molecule has 0 atom stereocenters. The van der Waals surface area contributed by atoms with Gasteiger partial charge in [0, 0.05) is 59.0 Å². The first-order valence-electron chi connectivity index (χ1n) is 8.65. The quantitative estimate of drug-likeness (QED) is 0.884. The number of aryl methyl sites for hydroxylation is 2. The van der Waals surface area contributed by atoms with Crippen molar-refractivity contribution in [3.63, 3.8) is 0 Å². The van der Waals surface area contributed by atoms with Gasteiger partial charge in [-0.25, -0.2) is 4.79 Å². The third-order valence-electron chi connectivity index (χ3n) is 4.62. The second kappa shape index (κ2) is 8.17. The molecule has 0 aromatic carbocycles. The summed E-state index contributed by atoms with van der Waals surface area (Å²) in [6.07, 6.45) is 5.17. The minimum absolute atomic E-state index is 0.0294. The molecular formula is C17H29N5O2. The van der Waals surface area contributed by atoms with Crippen molar-refractivity contribution in [3.05, 3.63) is 17.5 Å². The monoisotopic (exact) mass is 335 g/mol. The van der Waals surface area contributed by atoms with Gasteiger partial charge in [-0.1, -0.05) is 6.92 Å². The van der Waals surface area contributed by atoms with E-state index in [2.05, 4.69) is 17.3 Å². The summed E-state index contributed by atoms with van der Waals surface area (Å²) < 4.78 is 1.79. The largest absolute Gasteiger partial charge is 0.349 e. The van der Waals surface area contributed by atoms with Crippen LogP contribution < -0.4 is 5.32 Å². The second-order valence-electron chi connectivity index (χ2n) is 6.71. The third kappa shape index (κ3) is 4.72. The number of aromatic nitrogens is 2. The Morgan fingerprint density at radius 3 is 2.58 bits per heavy atom. The smallest absolute Gasteiger partial charge is 0.317 e. The lowest BCUT2D eigenvalue weighted by Crippen LogP contribution is -2.44. The molecule has 2 rings (SSSR count). The first kappa shape index (κ1) is 18.3. The fourth-order valence-electron chi connectivity index (χ4n) is 3.08.